The lowest BCUT2D eigenvalue weighted by Crippen LogP contribution is -2.22. The summed E-state index contributed by atoms with van der Waals surface area (Å²) in [5, 5.41) is 2.84. The topological polar surface area (TPSA) is 29.1 Å². The highest BCUT2D eigenvalue weighted by molar-refractivity contribution is 6.18. The number of hydrogen-bond donors (Lipinski definition) is 1. The molecular weight excluding hydrogens is 234 g/mol. The van der Waals surface area contributed by atoms with Crippen LogP contribution in [-0.4, -0.2) is 11.8 Å². The first kappa shape index (κ1) is 14.0. The lowest BCUT2D eigenvalue weighted by molar-refractivity contribution is -0.120. The summed E-state index contributed by atoms with van der Waals surface area (Å²) < 4.78 is 0. The van der Waals surface area contributed by atoms with Gasteiger partial charge in [-0.05, 0) is 23.5 Å². The van der Waals surface area contributed by atoms with Gasteiger partial charge < -0.3 is 5.32 Å². The zero-order valence-corrected chi connectivity index (χ0v) is 11.3. The van der Waals surface area contributed by atoms with Crippen LogP contribution in [0.3, 0.4) is 0 Å². The molecule has 0 unspecified atom stereocenters. The van der Waals surface area contributed by atoms with Crippen LogP contribution in [0.1, 0.15) is 31.4 Å². The van der Waals surface area contributed by atoms with Gasteiger partial charge in [-0.25, -0.2) is 0 Å². The van der Waals surface area contributed by atoms with Gasteiger partial charge in [0.15, 0.2) is 0 Å². The van der Waals surface area contributed by atoms with Crippen molar-refractivity contribution in [1.82, 2.24) is 5.32 Å². The highest BCUT2D eigenvalue weighted by Crippen LogP contribution is 2.09. The molecule has 0 aliphatic heterocycles. The zero-order valence-electron chi connectivity index (χ0n) is 10.5. The second-order valence-electron chi connectivity index (χ2n) is 4.63. The van der Waals surface area contributed by atoms with E-state index in [1.54, 1.807) is 0 Å². The molecule has 0 bridgehead atoms. The molecule has 0 fully saturated rings. The van der Waals surface area contributed by atoms with Crippen molar-refractivity contribution in [3.05, 3.63) is 35.4 Å². The molecule has 0 saturated carbocycles. The van der Waals surface area contributed by atoms with Crippen molar-refractivity contribution in [2.75, 3.05) is 5.88 Å². The van der Waals surface area contributed by atoms with Crippen molar-refractivity contribution in [2.45, 2.75) is 33.2 Å². The van der Waals surface area contributed by atoms with E-state index in [9.17, 15) is 4.79 Å². The van der Waals surface area contributed by atoms with Crippen LogP contribution in [0.15, 0.2) is 24.3 Å². The number of hydrogen-bond acceptors (Lipinski definition) is 1. The van der Waals surface area contributed by atoms with Crippen molar-refractivity contribution in [3.8, 4) is 0 Å². The first-order valence-corrected chi connectivity index (χ1v) is 6.55. The molecular formula is C14H20ClNO. The summed E-state index contributed by atoms with van der Waals surface area (Å²) in [6.45, 7) is 5.00. The number of benzene rings is 1. The lowest BCUT2D eigenvalue weighted by Gasteiger charge is -2.07. The first-order valence-electron chi connectivity index (χ1n) is 6.02. The van der Waals surface area contributed by atoms with Gasteiger partial charge in [0.05, 0.1) is 0 Å². The summed E-state index contributed by atoms with van der Waals surface area (Å²) in [6, 6.07) is 8.39. The van der Waals surface area contributed by atoms with Crippen LogP contribution in [0.25, 0.3) is 0 Å². The van der Waals surface area contributed by atoms with Gasteiger partial charge in [-0.15, -0.1) is 11.6 Å². The molecule has 3 heteroatoms. The van der Waals surface area contributed by atoms with Crippen molar-refractivity contribution in [1.29, 1.82) is 0 Å². The summed E-state index contributed by atoms with van der Waals surface area (Å²) in [5.41, 5.74) is 2.47. The third-order valence-electron chi connectivity index (χ3n) is 2.48. The fraction of sp³-hybridized carbons (Fsp3) is 0.500. The fourth-order valence-corrected chi connectivity index (χ4v) is 1.81. The number of amides is 1. The number of halogens is 1. The van der Waals surface area contributed by atoms with Crippen molar-refractivity contribution in [2.24, 2.45) is 5.92 Å². The summed E-state index contributed by atoms with van der Waals surface area (Å²) in [7, 11) is 0. The van der Waals surface area contributed by atoms with Crippen LogP contribution >= 0.6 is 11.6 Å². The van der Waals surface area contributed by atoms with Gasteiger partial charge in [-0.3, -0.25) is 4.79 Å². The van der Waals surface area contributed by atoms with Crippen molar-refractivity contribution in [3.63, 3.8) is 0 Å². The minimum absolute atomic E-state index is 0.00579. The molecule has 0 heterocycles. The maximum Gasteiger partial charge on any atom is 0.221 e. The summed E-state index contributed by atoms with van der Waals surface area (Å²) in [5.74, 6) is 1.05. The van der Waals surface area contributed by atoms with E-state index in [2.05, 4.69) is 43.4 Å². The standard InChI is InChI=1S/C14H20ClNO/c1-11(2)9-12-3-5-13(6-4-12)10-16-14(17)7-8-15/h3-6,11H,7-10H2,1-2H3,(H,16,17). The SMILES string of the molecule is CC(C)Cc1ccc(CNC(=O)CCCl)cc1. The average Bonchev–Trinajstić information content (AvgIpc) is 2.28. The Hall–Kier alpha value is -1.02. The molecule has 2 nitrogen and oxygen atoms in total. The molecule has 1 N–H and O–H groups in total. The Labute approximate surface area is 108 Å². The fourth-order valence-electron chi connectivity index (χ4n) is 1.64. The molecule has 17 heavy (non-hydrogen) atoms. The Bertz CT molecular complexity index is 346. The Balaban J connectivity index is 2.42. The summed E-state index contributed by atoms with van der Waals surface area (Å²) >= 11 is 5.49. The van der Waals surface area contributed by atoms with E-state index in [-0.39, 0.29) is 5.91 Å². The van der Waals surface area contributed by atoms with Crippen LogP contribution in [-0.2, 0) is 17.8 Å². The molecule has 0 aliphatic rings. The molecule has 0 aromatic heterocycles. The number of alkyl halides is 1. The third kappa shape index (κ3) is 5.73. The van der Waals surface area contributed by atoms with Crippen molar-refractivity contribution < 1.29 is 4.79 Å². The normalized spacial score (nSPS) is 10.6. The van der Waals surface area contributed by atoms with Gasteiger partial charge in [0.1, 0.15) is 0 Å². The average molecular weight is 254 g/mol. The molecule has 0 radical (unpaired) electrons. The lowest BCUT2D eigenvalue weighted by atomic mass is 10.0. The predicted molar refractivity (Wildman–Crippen MR) is 72.2 cm³/mol. The van der Waals surface area contributed by atoms with Gasteiger partial charge in [-0.1, -0.05) is 38.1 Å². The molecule has 1 rings (SSSR count). The predicted octanol–water partition coefficient (Wildman–Crippen LogP) is 3.13. The maximum atomic E-state index is 11.2. The van der Waals surface area contributed by atoms with Gasteiger partial charge in [0, 0.05) is 18.8 Å². The second kappa shape index (κ2) is 7.33. The molecule has 94 valence electrons. The van der Waals surface area contributed by atoms with E-state index in [4.69, 9.17) is 11.6 Å². The van der Waals surface area contributed by atoms with E-state index >= 15 is 0 Å². The van der Waals surface area contributed by atoms with Crippen LogP contribution in [0, 0.1) is 5.92 Å². The number of carbonyl (C=O) groups is 1. The third-order valence-corrected chi connectivity index (χ3v) is 2.67. The Morgan fingerprint density at radius 1 is 1.24 bits per heavy atom. The number of rotatable bonds is 6. The number of carbonyl (C=O) groups excluding carboxylic acids is 1. The summed E-state index contributed by atoms with van der Waals surface area (Å²) in [4.78, 5) is 11.2. The summed E-state index contributed by atoms with van der Waals surface area (Å²) in [6.07, 6.45) is 1.48. The minimum atomic E-state index is 0.00579. The van der Waals surface area contributed by atoms with E-state index in [1.165, 1.54) is 5.56 Å². The van der Waals surface area contributed by atoms with Crippen LogP contribution in [0.5, 0.6) is 0 Å². The highest BCUT2D eigenvalue weighted by atomic mass is 35.5. The Morgan fingerprint density at radius 2 is 1.82 bits per heavy atom. The van der Waals surface area contributed by atoms with Gasteiger partial charge >= 0.3 is 0 Å². The van der Waals surface area contributed by atoms with E-state index in [0.29, 0.717) is 24.8 Å². The molecule has 0 aliphatic carbocycles. The number of nitrogens with one attached hydrogen (secondary N) is 1. The molecule has 1 aromatic carbocycles. The monoisotopic (exact) mass is 253 g/mol. The molecule has 0 saturated heterocycles. The first-order chi connectivity index (χ1) is 8.11. The molecule has 0 spiro atoms. The van der Waals surface area contributed by atoms with Crippen LogP contribution in [0.2, 0.25) is 0 Å². The molecule has 0 atom stereocenters. The quantitative estimate of drug-likeness (QED) is 0.776. The van der Waals surface area contributed by atoms with Gasteiger partial charge in [0.2, 0.25) is 5.91 Å². The van der Waals surface area contributed by atoms with E-state index in [0.717, 1.165) is 12.0 Å². The van der Waals surface area contributed by atoms with Crippen LogP contribution in [0.4, 0.5) is 0 Å². The highest BCUT2D eigenvalue weighted by Gasteiger charge is 2.01. The molecule has 1 aromatic rings. The van der Waals surface area contributed by atoms with E-state index < -0.39 is 0 Å². The van der Waals surface area contributed by atoms with Crippen molar-refractivity contribution >= 4 is 17.5 Å². The minimum Gasteiger partial charge on any atom is -0.352 e. The smallest absolute Gasteiger partial charge is 0.221 e. The maximum absolute atomic E-state index is 11.2. The zero-order chi connectivity index (χ0) is 12.7. The van der Waals surface area contributed by atoms with Gasteiger partial charge in [-0.2, -0.15) is 0 Å². The van der Waals surface area contributed by atoms with E-state index in [1.807, 2.05) is 0 Å². The van der Waals surface area contributed by atoms with Crippen LogP contribution < -0.4 is 5.32 Å². The largest absolute Gasteiger partial charge is 0.352 e. The Morgan fingerprint density at radius 3 is 2.35 bits per heavy atom. The Kier molecular flexibility index (Phi) is 6.06. The van der Waals surface area contributed by atoms with Gasteiger partial charge in [0.25, 0.3) is 0 Å². The molecule has 1 amide bonds. The second-order valence-corrected chi connectivity index (χ2v) is 5.01.